The van der Waals surface area contributed by atoms with Gasteiger partial charge in [0, 0.05) is 18.3 Å². The highest BCUT2D eigenvalue weighted by Crippen LogP contribution is 2.12. The Labute approximate surface area is 97.2 Å². The Bertz CT molecular complexity index is 422. The molecule has 2 heterocycles. The average Bonchev–Trinajstić information content (AvgIpc) is 2.65. The lowest BCUT2D eigenvalue weighted by molar-refractivity contribution is 1.06. The molecule has 1 N–H and O–H groups in total. The largest absolute Gasteiger partial charge is 0.366 e. The van der Waals surface area contributed by atoms with Gasteiger partial charge in [-0.25, -0.2) is 9.97 Å². The van der Waals surface area contributed by atoms with E-state index < -0.39 is 0 Å². The summed E-state index contributed by atoms with van der Waals surface area (Å²) in [6, 6.07) is 3.95. The molecule has 0 aliphatic heterocycles. The first-order chi connectivity index (χ1) is 7.24. The van der Waals surface area contributed by atoms with E-state index in [1.54, 1.807) is 11.3 Å². The third-order valence-electron chi connectivity index (χ3n) is 1.88. The van der Waals surface area contributed by atoms with Gasteiger partial charge in [-0.2, -0.15) is 11.3 Å². The first-order valence-corrected chi connectivity index (χ1v) is 5.82. The van der Waals surface area contributed by atoms with Gasteiger partial charge >= 0.3 is 0 Å². The van der Waals surface area contributed by atoms with E-state index in [-0.39, 0.29) is 5.28 Å². The van der Waals surface area contributed by atoms with Gasteiger partial charge < -0.3 is 5.32 Å². The summed E-state index contributed by atoms with van der Waals surface area (Å²) < 4.78 is 0. The molecule has 0 saturated heterocycles. The lowest BCUT2D eigenvalue weighted by atomic mass is 10.3. The topological polar surface area (TPSA) is 37.8 Å². The van der Waals surface area contributed by atoms with Gasteiger partial charge in [-0.05, 0) is 40.9 Å². The van der Waals surface area contributed by atoms with Crippen molar-refractivity contribution in [2.45, 2.75) is 13.5 Å². The molecule has 2 rings (SSSR count). The summed E-state index contributed by atoms with van der Waals surface area (Å²) >= 11 is 7.43. The van der Waals surface area contributed by atoms with Gasteiger partial charge in [0.15, 0.2) is 0 Å². The number of anilines is 1. The second-order valence-corrected chi connectivity index (χ2v) is 4.27. The van der Waals surface area contributed by atoms with Crippen molar-refractivity contribution in [2.24, 2.45) is 0 Å². The molecule has 0 unspecified atom stereocenters. The van der Waals surface area contributed by atoms with Gasteiger partial charge in [0.05, 0.1) is 0 Å². The Hall–Kier alpha value is -1.13. The predicted molar refractivity (Wildman–Crippen MR) is 63.4 cm³/mol. The molecule has 0 aliphatic carbocycles. The monoisotopic (exact) mass is 239 g/mol. The lowest BCUT2D eigenvalue weighted by Gasteiger charge is -2.04. The molecule has 2 aromatic heterocycles. The van der Waals surface area contributed by atoms with Crippen molar-refractivity contribution in [2.75, 3.05) is 5.32 Å². The number of nitrogens with one attached hydrogen (secondary N) is 1. The molecular weight excluding hydrogens is 230 g/mol. The zero-order valence-corrected chi connectivity index (χ0v) is 9.77. The first kappa shape index (κ1) is 10.4. The summed E-state index contributed by atoms with van der Waals surface area (Å²) in [4.78, 5) is 8.08. The summed E-state index contributed by atoms with van der Waals surface area (Å²) in [5.41, 5.74) is 2.11. The standard InChI is InChI=1S/C10H10ClN3S/c1-7-4-9(14-10(11)13-7)12-5-8-2-3-15-6-8/h2-4,6H,5H2,1H3,(H,12,13,14). The van der Waals surface area contributed by atoms with Crippen molar-refractivity contribution in [1.82, 2.24) is 9.97 Å². The lowest BCUT2D eigenvalue weighted by Crippen LogP contribution is -2.01. The van der Waals surface area contributed by atoms with Crippen LogP contribution in [0.25, 0.3) is 0 Å². The Balaban J connectivity index is 2.05. The van der Waals surface area contributed by atoms with Crippen LogP contribution in [0.4, 0.5) is 5.82 Å². The van der Waals surface area contributed by atoms with E-state index in [1.807, 2.05) is 13.0 Å². The van der Waals surface area contributed by atoms with Crippen LogP contribution < -0.4 is 5.32 Å². The molecule has 0 fully saturated rings. The summed E-state index contributed by atoms with van der Waals surface area (Å²) in [7, 11) is 0. The number of thiophene rings is 1. The molecule has 0 amide bonds. The van der Waals surface area contributed by atoms with Crippen molar-refractivity contribution in [3.05, 3.63) is 39.4 Å². The summed E-state index contributed by atoms with van der Waals surface area (Å²) in [6.45, 7) is 2.65. The molecular formula is C10H10ClN3S. The quantitative estimate of drug-likeness (QED) is 0.837. The summed E-state index contributed by atoms with van der Waals surface area (Å²) in [5, 5.41) is 7.63. The van der Waals surface area contributed by atoms with Gasteiger partial charge in [-0.1, -0.05) is 0 Å². The van der Waals surface area contributed by atoms with E-state index in [0.29, 0.717) is 0 Å². The van der Waals surface area contributed by atoms with E-state index in [0.717, 1.165) is 18.1 Å². The van der Waals surface area contributed by atoms with E-state index in [9.17, 15) is 0 Å². The zero-order valence-electron chi connectivity index (χ0n) is 8.20. The highest BCUT2D eigenvalue weighted by atomic mass is 35.5. The first-order valence-electron chi connectivity index (χ1n) is 4.50. The van der Waals surface area contributed by atoms with Crippen molar-refractivity contribution >= 4 is 28.8 Å². The predicted octanol–water partition coefficient (Wildman–Crippen LogP) is 3.11. The van der Waals surface area contributed by atoms with Gasteiger partial charge in [-0.15, -0.1) is 0 Å². The van der Waals surface area contributed by atoms with E-state index in [2.05, 4.69) is 32.1 Å². The zero-order chi connectivity index (χ0) is 10.7. The fourth-order valence-corrected chi connectivity index (χ4v) is 2.10. The third-order valence-corrected chi connectivity index (χ3v) is 2.78. The smallest absolute Gasteiger partial charge is 0.224 e. The fraction of sp³-hybridized carbons (Fsp3) is 0.200. The molecule has 0 atom stereocenters. The SMILES string of the molecule is Cc1cc(NCc2ccsc2)nc(Cl)n1. The fourth-order valence-electron chi connectivity index (χ4n) is 1.21. The maximum Gasteiger partial charge on any atom is 0.224 e. The van der Waals surface area contributed by atoms with Crippen molar-refractivity contribution in [3.63, 3.8) is 0 Å². The number of hydrogen-bond donors (Lipinski definition) is 1. The van der Waals surface area contributed by atoms with Crippen LogP contribution in [-0.4, -0.2) is 9.97 Å². The Morgan fingerprint density at radius 1 is 1.47 bits per heavy atom. The van der Waals surface area contributed by atoms with Crippen LogP contribution in [0.2, 0.25) is 5.28 Å². The van der Waals surface area contributed by atoms with Gasteiger partial charge in [0.1, 0.15) is 5.82 Å². The minimum absolute atomic E-state index is 0.280. The van der Waals surface area contributed by atoms with Gasteiger partial charge in [-0.3, -0.25) is 0 Å². The van der Waals surface area contributed by atoms with E-state index in [4.69, 9.17) is 11.6 Å². The molecule has 78 valence electrons. The number of nitrogens with zero attached hydrogens (tertiary/aromatic N) is 2. The number of aromatic nitrogens is 2. The Morgan fingerprint density at radius 2 is 2.33 bits per heavy atom. The average molecular weight is 240 g/mol. The second-order valence-electron chi connectivity index (χ2n) is 3.15. The van der Waals surface area contributed by atoms with Crippen molar-refractivity contribution in [1.29, 1.82) is 0 Å². The number of aryl methyl sites for hydroxylation is 1. The highest BCUT2D eigenvalue weighted by molar-refractivity contribution is 7.07. The van der Waals surface area contributed by atoms with Crippen molar-refractivity contribution < 1.29 is 0 Å². The highest BCUT2D eigenvalue weighted by Gasteiger charge is 1.99. The van der Waals surface area contributed by atoms with E-state index in [1.165, 1.54) is 5.56 Å². The molecule has 0 aromatic carbocycles. The van der Waals surface area contributed by atoms with Crippen LogP contribution >= 0.6 is 22.9 Å². The maximum atomic E-state index is 5.75. The van der Waals surface area contributed by atoms with Crippen LogP contribution in [0.3, 0.4) is 0 Å². The molecule has 0 spiro atoms. The van der Waals surface area contributed by atoms with Crippen LogP contribution in [-0.2, 0) is 6.54 Å². The van der Waals surface area contributed by atoms with Gasteiger partial charge in [0.2, 0.25) is 5.28 Å². The second kappa shape index (κ2) is 4.59. The van der Waals surface area contributed by atoms with Crippen LogP contribution in [0.1, 0.15) is 11.3 Å². The number of halogens is 1. The molecule has 0 radical (unpaired) electrons. The van der Waals surface area contributed by atoms with Gasteiger partial charge in [0.25, 0.3) is 0 Å². The Kier molecular flexibility index (Phi) is 3.18. The molecule has 5 heteroatoms. The Morgan fingerprint density at radius 3 is 3.00 bits per heavy atom. The summed E-state index contributed by atoms with van der Waals surface area (Å²) in [5.74, 6) is 0.763. The molecule has 15 heavy (non-hydrogen) atoms. The molecule has 0 saturated carbocycles. The van der Waals surface area contributed by atoms with E-state index >= 15 is 0 Å². The maximum absolute atomic E-state index is 5.75. The van der Waals surface area contributed by atoms with Crippen LogP contribution in [0, 0.1) is 6.92 Å². The third kappa shape index (κ3) is 2.91. The minimum Gasteiger partial charge on any atom is -0.366 e. The normalized spacial score (nSPS) is 10.3. The molecule has 3 nitrogen and oxygen atoms in total. The molecule has 0 aliphatic rings. The molecule has 0 bridgehead atoms. The molecule has 2 aromatic rings. The van der Waals surface area contributed by atoms with Crippen LogP contribution in [0.15, 0.2) is 22.9 Å². The van der Waals surface area contributed by atoms with Crippen molar-refractivity contribution in [3.8, 4) is 0 Å². The minimum atomic E-state index is 0.280. The number of rotatable bonds is 3. The number of hydrogen-bond acceptors (Lipinski definition) is 4. The van der Waals surface area contributed by atoms with Crippen LogP contribution in [0.5, 0.6) is 0 Å². The summed E-state index contributed by atoms with van der Waals surface area (Å²) in [6.07, 6.45) is 0.